The number of benzene rings is 1. The Morgan fingerprint density at radius 2 is 1.78 bits per heavy atom. The zero-order valence-electron chi connectivity index (χ0n) is 10.8. The van der Waals surface area contributed by atoms with Gasteiger partial charge in [0.25, 0.3) is 0 Å². The van der Waals surface area contributed by atoms with Gasteiger partial charge in [-0.2, -0.15) is 0 Å². The van der Waals surface area contributed by atoms with Gasteiger partial charge < -0.3 is 9.47 Å². The molecule has 0 N–H and O–H groups in total. The minimum Gasteiger partial charge on any atom is -0.344 e. The molecule has 3 rings (SSSR count). The van der Waals surface area contributed by atoms with E-state index in [1.165, 1.54) is 24.8 Å². The molecule has 1 aliphatic heterocycles. The molecular formula is C16H21O2. The Morgan fingerprint density at radius 3 is 2.50 bits per heavy atom. The summed E-state index contributed by atoms with van der Waals surface area (Å²) in [4.78, 5) is 0. The third-order valence-corrected chi connectivity index (χ3v) is 4.04. The molecule has 18 heavy (non-hydrogen) atoms. The van der Waals surface area contributed by atoms with Gasteiger partial charge in [-0.3, -0.25) is 0 Å². The van der Waals surface area contributed by atoms with Crippen molar-refractivity contribution in [1.82, 2.24) is 0 Å². The first-order valence-electron chi connectivity index (χ1n) is 7.00. The second-order valence-electron chi connectivity index (χ2n) is 5.47. The van der Waals surface area contributed by atoms with Crippen LogP contribution >= 0.6 is 0 Å². The largest absolute Gasteiger partial charge is 0.344 e. The van der Waals surface area contributed by atoms with Crippen LogP contribution in [0.2, 0.25) is 0 Å². The first-order valence-corrected chi connectivity index (χ1v) is 7.00. The number of hydrogen-bond acceptors (Lipinski definition) is 2. The fourth-order valence-corrected chi connectivity index (χ4v) is 3.08. The molecule has 0 amide bonds. The van der Waals surface area contributed by atoms with E-state index in [0.29, 0.717) is 0 Å². The lowest BCUT2D eigenvalue weighted by atomic mass is 9.94. The van der Waals surface area contributed by atoms with Crippen LogP contribution < -0.4 is 0 Å². The Bertz CT molecular complexity index is 381. The highest BCUT2D eigenvalue weighted by molar-refractivity contribution is 5.16. The fourth-order valence-electron chi connectivity index (χ4n) is 3.08. The standard InChI is InChI=1S/C16H21O2/c1-13-15(12-14-8-4-2-5-9-14)18-16(17-13)10-6-3-7-11-16/h2,4-5,8-9,13,15H,1,3,6-7,10-12H2/t13-,15-/m0/s1. The molecule has 1 saturated carbocycles. The van der Waals surface area contributed by atoms with E-state index < -0.39 is 0 Å². The molecule has 1 spiro atoms. The summed E-state index contributed by atoms with van der Waals surface area (Å²) in [7, 11) is 0. The number of hydrogen-bond donors (Lipinski definition) is 0. The van der Waals surface area contributed by atoms with E-state index in [-0.39, 0.29) is 18.0 Å². The Balaban J connectivity index is 1.67. The summed E-state index contributed by atoms with van der Waals surface area (Å²) in [5.41, 5.74) is 1.30. The van der Waals surface area contributed by atoms with E-state index in [9.17, 15) is 0 Å². The van der Waals surface area contributed by atoms with Gasteiger partial charge in [-0.25, -0.2) is 0 Å². The summed E-state index contributed by atoms with van der Waals surface area (Å²) in [6, 6.07) is 10.5. The highest BCUT2D eigenvalue weighted by atomic mass is 16.8. The highest BCUT2D eigenvalue weighted by Gasteiger charge is 2.45. The maximum atomic E-state index is 6.22. The molecule has 0 aromatic heterocycles. The highest BCUT2D eigenvalue weighted by Crippen LogP contribution is 2.40. The molecule has 1 radical (unpaired) electrons. The number of rotatable bonds is 2. The van der Waals surface area contributed by atoms with E-state index in [0.717, 1.165) is 19.3 Å². The number of ether oxygens (including phenoxy) is 2. The summed E-state index contributed by atoms with van der Waals surface area (Å²) in [6.07, 6.45) is 6.76. The summed E-state index contributed by atoms with van der Waals surface area (Å²) < 4.78 is 12.3. The third kappa shape index (κ3) is 2.45. The van der Waals surface area contributed by atoms with Gasteiger partial charge in [0.1, 0.15) is 0 Å². The smallest absolute Gasteiger partial charge is 0.169 e. The van der Waals surface area contributed by atoms with Gasteiger partial charge in [0.15, 0.2) is 5.79 Å². The predicted molar refractivity (Wildman–Crippen MR) is 71.1 cm³/mol. The normalized spacial score (nSPS) is 30.7. The van der Waals surface area contributed by atoms with Crippen molar-refractivity contribution < 1.29 is 9.47 Å². The third-order valence-electron chi connectivity index (χ3n) is 4.04. The molecule has 0 bridgehead atoms. The van der Waals surface area contributed by atoms with E-state index in [1.807, 2.05) is 6.07 Å². The summed E-state index contributed by atoms with van der Waals surface area (Å²) in [5, 5.41) is 0. The second kappa shape index (κ2) is 5.02. The molecule has 1 aromatic carbocycles. The second-order valence-corrected chi connectivity index (χ2v) is 5.47. The molecule has 1 heterocycles. The molecule has 1 aliphatic carbocycles. The molecule has 1 aromatic rings. The lowest BCUT2D eigenvalue weighted by Crippen LogP contribution is -2.33. The summed E-state index contributed by atoms with van der Waals surface area (Å²) in [5.74, 6) is -0.315. The van der Waals surface area contributed by atoms with Crippen LogP contribution in [0.15, 0.2) is 30.3 Å². The minimum absolute atomic E-state index is 0.0386. The first kappa shape index (κ1) is 12.2. The maximum absolute atomic E-state index is 6.22. The molecule has 2 fully saturated rings. The van der Waals surface area contributed by atoms with Crippen molar-refractivity contribution in [2.24, 2.45) is 0 Å². The van der Waals surface area contributed by atoms with Crippen molar-refractivity contribution in [2.75, 3.05) is 0 Å². The maximum Gasteiger partial charge on any atom is 0.169 e. The minimum atomic E-state index is -0.315. The average molecular weight is 245 g/mol. The molecule has 1 saturated heterocycles. The molecule has 97 valence electrons. The zero-order valence-corrected chi connectivity index (χ0v) is 10.8. The molecule has 2 heteroatoms. The molecule has 0 unspecified atom stereocenters. The van der Waals surface area contributed by atoms with Crippen LogP contribution in [0.3, 0.4) is 0 Å². The van der Waals surface area contributed by atoms with Crippen LogP contribution in [0, 0.1) is 6.92 Å². The Morgan fingerprint density at radius 1 is 1.06 bits per heavy atom. The van der Waals surface area contributed by atoms with Crippen molar-refractivity contribution in [3.05, 3.63) is 42.8 Å². The van der Waals surface area contributed by atoms with Crippen molar-refractivity contribution in [3.8, 4) is 0 Å². The van der Waals surface area contributed by atoms with E-state index in [2.05, 4.69) is 31.2 Å². The van der Waals surface area contributed by atoms with Crippen LogP contribution in [-0.2, 0) is 15.9 Å². The van der Waals surface area contributed by atoms with Gasteiger partial charge in [-0.1, -0.05) is 36.8 Å². The van der Waals surface area contributed by atoms with E-state index in [1.54, 1.807) is 0 Å². The van der Waals surface area contributed by atoms with Crippen LogP contribution in [-0.4, -0.2) is 18.0 Å². The fraction of sp³-hybridized carbons (Fsp3) is 0.562. The lowest BCUT2D eigenvalue weighted by molar-refractivity contribution is -0.191. The molecular weight excluding hydrogens is 224 g/mol. The van der Waals surface area contributed by atoms with Crippen molar-refractivity contribution in [2.45, 2.75) is 56.5 Å². The van der Waals surface area contributed by atoms with Crippen LogP contribution in [0.1, 0.15) is 37.7 Å². The Kier molecular flexibility index (Phi) is 3.40. The monoisotopic (exact) mass is 245 g/mol. The van der Waals surface area contributed by atoms with Crippen molar-refractivity contribution in [1.29, 1.82) is 0 Å². The van der Waals surface area contributed by atoms with Gasteiger partial charge in [-0.15, -0.1) is 0 Å². The Hall–Kier alpha value is -0.860. The van der Waals surface area contributed by atoms with Crippen LogP contribution in [0.25, 0.3) is 0 Å². The first-order chi connectivity index (χ1) is 8.77. The van der Waals surface area contributed by atoms with Crippen LogP contribution in [0.4, 0.5) is 0 Å². The van der Waals surface area contributed by atoms with E-state index in [4.69, 9.17) is 9.47 Å². The lowest BCUT2D eigenvalue weighted by Gasteiger charge is -2.31. The van der Waals surface area contributed by atoms with Gasteiger partial charge in [0.05, 0.1) is 12.2 Å². The van der Waals surface area contributed by atoms with Crippen LogP contribution in [0.5, 0.6) is 0 Å². The molecule has 2 atom stereocenters. The molecule has 2 nitrogen and oxygen atoms in total. The van der Waals surface area contributed by atoms with E-state index >= 15 is 0 Å². The van der Waals surface area contributed by atoms with Gasteiger partial charge in [-0.05, 0) is 25.3 Å². The zero-order chi connectivity index (χ0) is 12.4. The van der Waals surface area contributed by atoms with Gasteiger partial charge >= 0.3 is 0 Å². The van der Waals surface area contributed by atoms with Gasteiger partial charge in [0, 0.05) is 19.3 Å². The topological polar surface area (TPSA) is 18.5 Å². The van der Waals surface area contributed by atoms with Crippen molar-refractivity contribution in [3.63, 3.8) is 0 Å². The molecule has 2 aliphatic rings. The Labute approximate surface area is 109 Å². The quantitative estimate of drug-likeness (QED) is 0.794. The summed E-state index contributed by atoms with van der Waals surface area (Å²) in [6.45, 7) is 4.12. The average Bonchev–Trinajstić information content (AvgIpc) is 2.68. The summed E-state index contributed by atoms with van der Waals surface area (Å²) >= 11 is 0. The van der Waals surface area contributed by atoms with Crippen molar-refractivity contribution >= 4 is 0 Å². The SMILES string of the molecule is [CH2][C@@H]1OC2(CCCCC2)O[C@H]1Cc1ccccc1. The predicted octanol–water partition coefficient (Wildman–Crippen LogP) is 3.51. The van der Waals surface area contributed by atoms with Gasteiger partial charge in [0.2, 0.25) is 0 Å².